The Balaban J connectivity index is 2.41. The highest BCUT2D eigenvalue weighted by Gasteiger charge is 2.05. The lowest BCUT2D eigenvalue weighted by molar-refractivity contribution is 0.794. The summed E-state index contributed by atoms with van der Waals surface area (Å²) in [4.78, 5) is 7.94. The van der Waals surface area contributed by atoms with Crippen molar-refractivity contribution in [2.45, 2.75) is 13.0 Å². The Kier molecular flexibility index (Phi) is 2.62. The van der Waals surface area contributed by atoms with Gasteiger partial charge in [0.15, 0.2) is 5.82 Å². The zero-order valence-electron chi connectivity index (χ0n) is 8.70. The molecule has 0 saturated heterocycles. The Morgan fingerprint density at radius 1 is 1.50 bits per heavy atom. The molecule has 2 aromatic heterocycles. The van der Waals surface area contributed by atoms with Crippen molar-refractivity contribution >= 4 is 0 Å². The molecule has 0 spiro atoms. The lowest BCUT2D eigenvalue weighted by atomic mass is 10.1. The van der Waals surface area contributed by atoms with Crippen LogP contribution in [-0.4, -0.2) is 19.7 Å². The number of hydrogen-bond acceptors (Lipinski definition) is 5. The SMILES string of the molecule is C[C@@H](N)c1ccnc(-n2cnc(C#N)n2)c1. The van der Waals surface area contributed by atoms with Gasteiger partial charge in [-0.1, -0.05) is 0 Å². The summed E-state index contributed by atoms with van der Waals surface area (Å²) in [6.45, 7) is 1.89. The summed E-state index contributed by atoms with van der Waals surface area (Å²) >= 11 is 0. The minimum Gasteiger partial charge on any atom is -0.324 e. The zero-order chi connectivity index (χ0) is 11.5. The number of aromatic nitrogens is 4. The molecular formula is C10H10N6. The van der Waals surface area contributed by atoms with E-state index >= 15 is 0 Å². The molecule has 0 radical (unpaired) electrons. The van der Waals surface area contributed by atoms with Crippen LogP contribution in [0.3, 0.4) is 0 Å². The normalized spacial score (nSPS) is 12.1. The summed E-state index contributed by atoms with van der Waals surface area (Å²) in [7, 11) is 0. The van der Waals surface area contributed by atoms with Crippen LogP contribution in [-0.2, 0) is 0 Å². The molecule has 6 heteroatoms. The Hall–Kier alpha value is -2.26. The minimum atomic E-state index is -0.0688. The standard InChI is InChI=1S/C10H10N6/c1-7(12)8-2-3-13-10(4-8)16-6-14-9(5-11)15-16/h2-4,6-7H,12H2,1H3/t7-/m1/s1. The van der Waals surface area contributed by atoms with Crippen molar-refractivity contribution < 1.29 is 0 Å². The van der Waals surface area contributed by atoms with E-state index in [1.165, 1.54) is 11.0 Å². The van der Waals surface area contributed by atoms with E-state index in [1.807, 2.05) is 25.1 Å². The molecule has 2 aromatic rings. The highest BCUT2D eigenvalue weighted by Crippen LogP contribution is 2.11. The number of nitrogens with two attached hydrogens (primary N) is 1. The van der Waals surface area contributed by atoms with Gasteiger partial charge < -0.3 is 5.73 Å². The predicted molar refractivity (Wildman–Crippen MR) is 56.5 cm³/mol. The average molecular weight is 214 g/mol. The molecule has 80 valence electrons. The molecule has 0 fully saturated rings. The van der Waals surface area contributed by atoms with Crippen LogP contribution in [0, 0.1) is 11.3 Å². The second-order valence-electron chi connectivity index (χ2n) is 3.36. The van der Waals surface area contributed by atoms with E-state index in [4.69, 9.17) is 11.0 Å². The van der Waals surface area contributed by atoms with E-state index in [0.717, 1.165) is 5.56 Å². The molecule has 2 N–H and O–H groups in total. The molecule has 0 saturated carbocycles. The third-order valence-electron chi connectivity index (χ3n) is 2.12. The second kappa shape index (κ2) is 4.08. The Bertz CT molecular complexity index is 536. The van der Waals surface area contributed by atoms with Crippen LogP contribution in [0.25, 0.3) is 5.82 Å². The number of pyridine rings is 1. The Morgan fingerprint density at radius 3 is 2.94 bits per heavy atom. The van der Waals surface area contributed by atoms with Crippen molar-refractivity contribution in [2.75, 3.05) is 0 Å². The first-order chi connectivity index (χ1) is 7.70. The summed E-state index contributed by atoms with van der Waals surface area (Å²) in [5.41, 5.74) is 6.72. The maximum Gasteiger partial charge on any atom is 0.252 e. The first-order valence-corrected chi connectivity index (χ1v) is 4.74. The van der Waals surface area contributed by atoms with E-state index in [1.54, 1.807) is 6.20 Å². The molecule has 0 aliphatic carbocycles. The van der Waals surface area contributed by atoms with Crippen LogP contribution in [0.15, 0.2) is 24.7 Å². The van der Waals surface area contributed by atoms with Gasteiger partial charge in [0, 0.05) is 12.2 Å². The molecule has 6 nitrogen and oxygen atoms in total. The fraction of sp³-hybridized carbons (Fsp3) is 0.200. The largest absolute Gasteiger partial charge is 0.324 e. The van der Waals surface area contributed by atoms with Crippen molar-refractivity contribution in [3.05, 3.63) is 36.0 Å². The quantitative estimate of drug-likeness (QED) is 0.788. The van der Waals surface area contributed by atoms with Gasteiger partial charge >= 0.3 is 0 Å². The maximum atomic E-state index is 8.61. The third kappa shape index (κ3) is 1.89. The monoisotopic (exact) mass is 214 g/mol. The fourth-order valence-electron chi connectivity index (χ4n) is 1.27. The third-order valence-corrected chi connectivity index (χ3v) is 2.12. The van der Waals surface area contributed by atoms with E-state index < -0.39 is 0 Å². The van der Waals surface area contributed by atoms with Crippen molar-refractivity contribution in [1.29, 1.82) is 5.26 Å². The molecule has 16 heavy (non-hydrogen) atoms. The van der Waals surface area contributed by atoms with Gasteiger partial charge in [0.1, 0.15) is 12.4 Å². The lowest BCUT2D eigenvalue weighted by Gasteiger charge is -2.06. The molecule has 1 atom stereocenters. The smallest absolute Gasteiger partial charge is 0.252 e. The van der Waals surface area contributed by atoms with Crippen molar-refractivity contribution in [3.8, 4) is 11.9 Å². The molecule has 2 rings (SSSR count). The number of rotatable bonds is 2. The molecule has 0 bridgehead atoms. The molecule has 2 heterocycles. The number of nitrogens with zero attached hydrogens (tertiary/aromatic N) is 5. The molecule has 0 amide bonds. The zero-order valence-corrected chi connectivity index (χ0v) is 8.70. The van der Waals surface area contributed by atoms with Crippen molar-refractivity contribution in [2.24, 2.45) is 5.73 Å². The van der Waals surface area contributed by atoms with Crippen LogP contribution < -0.4 is 5.73 Å². The summed E-state index contributed by atoms with van der Waals surface area (Å²) < 4.78 is 1.45. The molecule has 0 aliphatic heterocycles. The van der Waals surface area contributed by atoms with E-state index in [2.05, 4.69) is 15.1 Å². The van der Waals surface area contributed by atoms with Gasteiger partial charge in [0.25, 0.3) is 5.82 Å². The summed E-state index contributed by atoms with van der Waals surface area (Å²) in [6.07, 6.45) is 3.10. The maximum absolute atomic E-state index is 8.61. The van der Waals surface area contributed by atoms with Gasteiger partial charge in [-0.15, -0.1) is 5.10 Å². The lowest BCUT2D eigenvalue weighted by Crippen LogP contribution is -2.07. The topological polar surface area (TPSA) is 93.4 Å². The molecule has 0 unspecified atom stereocenters. The Morgan fingerprint density at radius 2 is 2.31 bits per heavy atom. The predicted octanol–water partition coefficient (Wildman–Crippen LogP) is 0.554. The van der Waals surface area contributed by atoms with Gasteiger partial charge in [0.2, 0.25) is 0 Å². The van der Waals surface area contributed by atoms with Crippen LogP contribution in [0.2, 0.25) is 0 Å². The van der Waals surface area contributed by atoms with Crippen LogP contribution in [0.4, 0.5) is 0 Å². The minimum absolute atomic E-state index is 0.0688. The first kappa shape index (κ1) is 10.3. The van der Waals surface area contributed by atoms with Crippen LogP contribution in [0.1, 0.15) is 24.4 Å². The fourth-order valence-corrected chi connectivity index (χ4v) is 1.27. The Labute approximate surface area is 92.4 Å². The number of nitriles is 1. The highest BCUT2D eigenvalue weighted by molar-refractivity contribution is 5.28. The molecule has 0 aromatic carbocycles. The van der Waals surface area contributed by atoms with Gasteiger partial charge in [-0.25, -0.2) is 14.6 Å². The first-order valence-electron chi connectivity index (χ1n) is 4.74. The van der Waals surface area contributed by atoms with E-state index in [9.17, 15) is 0 Å². The summed E-state index contributed by atoms with van der Waals surface area (Å²) in [5.74, 6) is 0.719. The average Bonchev–Trinajstić information content (AvgIpc) is 2.77. The number of hydrogen-bond donors (Lipinski definition) is 1. The van der Waals surface area contributed by atoms with Crippen molar-refractivity contribution in [1.82, 2.24) is 19.7 Å². The van der Waals surface area contributed by atoms with Gasteiger partial charge in [-0.2, -0.15) is 5.26 Å². The molecular weight excluding hydrogens is 204 g/mol. The van der Waals surface area contributed by atoms with Gasteiger partial charge in [0.05, 0.1) is 0 Å². The van der Waals surface area contributed by atoms with E-state index in [-0.39, 0.29) is 11.9 Å². The second-order valence-corrected chi connectivity index (χ2v) is 3.36. The van der Waals surface area contributed by atoms with Crippen LogP contribution in [0.5, 0.6) is 0 Å². The molecule has 0 aliphatic rings. The highest BCUT2D eigenvalue weighted by atomic mass is 15.4. The summed E-state index contributed by atoms with van der Waals surface area (Å²) in [6, 6.07) is 5.45. The van der Waals surface area contributed by atoms with E-state index in [0.29, 0.717) is 5.82 Å². The van der Waals surface area contributed by atoms with Gasteiger partial charge in [-0.05, 0) is 24.6 Å². The summed E-state index contributed by atoms with van der Waals surface area (Å²) in [5, 5.41) is 12.6. The van der Waals surface area contributed by atoms with Crippen LogP contribution >= 0.6 is 0 Å². The van der Waals surface area contributed by atoms with Gasteiger partial charge in [-0.3, -0.25) is 0 Å². The van der Waals surface area contributed by atoms with Crippen molar-refractivity contribution in [3.63, 3.8) is 0 Å².